The lowest BCUT2D eigenvalue weighted by Gasteiger charge is -2.20. The number of aliphatic hydroxyl groups is 1. The van der Waals surface area contributed by atoms with Gasteiger partial charge in [0, 0.05) is 19.2 Å². The fraction of sp³-hybridized carbons (Fsp3) is 0.583. The fourth-order valence-corrected chi connectivity index (χ4v) is 3.39. The van der Waals surface area contributed by atoms with Crippen LogP contribution < -0.4 is 0 Å². The van der Waals surface area contributed by atoms with Gasteiger partial charge in [-0.1, -0.05) is 13.3 Å². The number of carboxylic acid groups (broad SMARTS) is 1. The van der Waals surface area contributed by atoms with E-state index in [9.17, 15) is 13.2 Å². The maximum atomic E-state index is 12.4. The summed E-state index contributed by atoms with van der Waals surface area (Å²) >= 11 is 0. The molecular formula is C12H19NO6S. The van der Waals surface area contributed by atoms with Gasteiger partial charge in [0.15, 0.2) is 0 Å². The molecule has 0 aromatic carbocycles. The van der Waals surface area contributed by atoms with Crippen LogP contribution in [0, 0.1) is 6.92 Å². The Bertz CT molecular complexity index is 563. The molecule has 0 unspecified atom stereocenters. The zero-order valence-corrected chi connectivity index (χ0v) is 12.3. The minimum atomic E-state index is -3.86. The van der Waals surface area contributed by atoms with Gasteiger partial charge < -0.3 is 14.6 Å². The predicted molar refractivity (Wildman–Crippen MR) is 71.2 cm³/mol. The molecule has 0 aliphatic carbocycles. The SMILES string of the molecule is CCCCN(CCO)S(=O)(=O)c1cc(C(=O)O)oc1C. The lowest BCUT2D eigenvalue weighted by molar-refractivity contribution is 0.0661. The second-order valence-electron chi connectivity index (χ2n) is 4.32. The number of hydrogen-bond acceptors (Lipinski definition) is 5. The average Bonchev–Trinajstić information content (AvgIpc) is 2.77. The molecule has 114 valence electrons. The monoisotopic (exact) mass is 305 g/mol. The number of furan rings is 1. The molecule has 20 heavy (non-hydrogen) atoms. The smallest absolute Gasteiger partial charge is 0.371 e. The first-order valence-corrected chi connectivity index (χ1v) is 7.73. The van der Waals surface area contributed by atoms with Crippen molar-refractivity contribution in [2.24, 2.45) is 0 Å². The van der Waals surface area contributed by atoms with E-state index in [4.69, 9.17) is 14.6 Å². The number of hydrogen-bond donors (Lipinski definition) is 2. The van der Waals surface area contributed by atoms with Crippen molar-refractivity contribution in [3.63, 3.8) is 0 Å². The number of carbonyl (C=O) groups is 1. The Kier molecular flexibility index (Phi) is 5.73. The van der Waals surface area contributed by atoms with Gasteiger partial charge in [-0.3, -0.25) is 0 Å². The molecule has 0 radical (unpaired) electrons. The lowest BCUT2D eigenvalue weighted by atomic mass is 10.3. The number of aromatic carboxylic acids is 1. The highest BCUT2D eigenvalue weighted by molar-refractivity contribution is 7.89. The Morgan fingerprint density at radius 3 is 2.50 bits per heavy atom. The fourth-order valence-electron chi connectivity index (χ4n) is 1.76. The minimum absolute atomic E-state index is 0.0295. The van der Waals surface area contributed by atoms with Crippen LogP contribution in [0.1, 0.15) is 36.1 Å². The molecule has 1 aromatic heterocycles. The molecule has 7 nitrogen and oxygen atoms in total. The second-order valence-corrected chi connectivity index (χ2v) is 6.22. The first-order chi connectivity index (χ1) is 9.34. The zero-order valence-electron chi connectivity index (χ0n) is 11.5. The average molecular weight is 305 g/mol. The van der Waals surface area contributed by atoms with Crippen LogP contribution >= 0.6 is 0 Å². The van der Waals surface area contributed by atoms with E-state index in [0.717, 1.165) is 16.8 Å². The second kappa shape index (κ2) is 6.87. The number of rotatable bonds is 8. The van der Waals surface area contributed by atoms with E-state index in [1.54, 1.807) is 0 Å². The molecule has 0 fully saturated rings. The molecule has 0 amide bonds. The van der Waals surface area contributed by atoms with Gasteiger partial charge in [0.1, 0.15) is 10.7 Å². The van der Waals surface area contributed by atoms with Crippen molar-refractivity contribution in [3.05, 3.63) is 17.6 Å². The van der Waals surface area contributed by atoms with Crippen molar-refractivity contribution in [2.45, 2.75) is 31.6 Å². The summed E-state index contributed by atoms with van der Waals surface area (Å²) in [6, 6.07) is 1.00. The van der Waals surface area contributed by atoms with Gasteiger partial charge >= 0.3 is 5.97 Å². The highest BCUT2D eigenvalue weighted by Crippen LogP contribution is 2.24. The van der Waals surface area contributed by atoms with Crippen molar-refractivity contribution in [1.29, 1.82) is 0 Å². The Morgan fingerprint density at radius 2 is 2.05 bits per heavy atom. The van der Waals surface area contributed by atoms with E-state index in [1.807, 2.05) is 6.92 Å². The zero-order chi connectivity index (χ0) is 15.3. The van der Waals surface area contributed by atoms with E-state index >= 15 is 0 Å². The molecular weight excluding hydrogens is 286 g/mol. The first kappa shape index (κ1) is 16.7. The number of carboxylic acids is 1. The van der Waals surface area contributed by atoms with E-state index in [1.165, 1.54) is 6.92 Å². The summed E-state index contributed by atoms with van der Waals surface area (Å²) in [6.45, 7) is 3.26. The van der Waals surface area contributed by atoms with Crippen molar-refractivity contribution in [1.82, 2.24) is 4.31 Å². The summed E-state index contributed by atoms with van der Waals surface area (Å²) in [5.41, 5.74) is 0. The maximum Gasteiger partial charge on any atom is 0.371 e. The third-order valence-corrected chi connectivity index (χ3v) is 4.82. The van der Waals surface area contributed by atoms with Gasteiger partial charge in [0.05, 0.1) is 6.61 Å². The third-order valence-electron chi connectivity index (χ3n) is 2.81. The predicted octanol–water partition coefficient (Wildman–Crippen LogP) is 1.07. The van der Waals surface area contributed by atoms with E-state index in [2.05, 4.69) is 0 Å². The normalized spacial score (nSPS) is 12.0. The Hall–Kier alpha value is -1.38. The highest BCUT2D eigenvalue weighted by atomic mass is 32.2. The van der Waals surface area contributed by atoms with Crippen LogP contribution in [0.2, 0.25) is 0 Å². The summed E-state index contributed by atoms with van der Waals surface area (Å²) in [6.07, 6.45) is 1.46. The highest BCUT2D eigenvalue weighted by Gasteiger charge is 2.29. The Labute approximate surface area is 117 Å². The quantitative estimate of drug-likeness (QED) is 0.743. The molecule has 0 saturated heterocycles. The van der Waals surface area contributed by atoms with E-state index in [-0.39, 0.29) is 30.4 Å². The van der Waals surface area contributed by atoms with Gasteiger partial charge in [-0.25, -0.2) is 13.2 Å². The molecule has 0 bridgehead atoms. The summed E-state index contributed by atoms with van der Waals surface area (Å²) in [7, 11) is -3.86. The van der Waals surface area contributed by atoms with Crippen molar-refractivity contribution in [3.8, 4) is 0 Å². The van der Waals surface area contributed by atoms with Crippen LogP contribution in [0.4, 0.5) is 0 Å². The molecule has 0 aliphatic heterocycles. The third kappa shape index (κ3) is 3.59. The van der Waals surface area contributed by atoms with Gasteiger partial charge in [-0.15, -0.1) is 0 Å². The molecule has 0 saturated carbocycles. The number of sulfonamides is 1. The number of unbranched alkanes of at least 4 members (excludes halogenated alkanes) is 1. The molecule has 1 rings (SSSR count). The first-order valence-electron chi connectivity index (χ1n) is 6.29. The Balaban J connectivity index is 3.15. The van der Waals surface area contributed by atoms with Crippen molar-refractivity contribution in [2.75, 3.05) is 19.7 Å². The molecule has 8 heteroatoms. The number of aryl methyl sites for hydroxylation is 1. The van der Waals surface area contributed by atoms with Crippen LogP contribution in [-0.2, 0) is 10.0 Å². The molecule has 0 spiro atoms. The van der Waals surface area contributed by atoms with Crippen LogP contribution in [0.25, 0.3) is 0 Å². The number of aliphatic hydroxyl groups excluding tert-OH is 1. The van der Waals surface area contributed by atoms with Crippen LogP contribution in [0.5, 0.6) is 0 Å². The van der Waals surface area contributed by atoms with E-state index in [0.29, 0.717) is 6.42 Å². The molecule has 1 heterocycles. The molecule has 2 N–H and O–H groups in total. The van der Waals surface area contributed by atoms with Crippen molar-refractivity contribution >= 4 is 16.0 Å². The van der Waals surface area contributed by atoms with Crippen molar-refractivity contribution < 1.29 is 27.8 Å². The summed E-state index contributed by atoms with van der Waals surface area (Å²) < 4.78 is 31.0. The molecule has 0 aliphatic rings. The largest absolute Gasteiger partial charge is 0.475 e. The van der Waals surface area contributed by atoms with E-state index < -0.39 is 21.8 Å². The van der Waals surface area contributed by atoms with Gasteiger partial charge in [-0.2, -0.15) is 4.31 Å². The molecule has 1 aromatic rings. The standard InChI is InChI=1S/C12H19NO6S/c1-3-4-5-13(6-7-14)20(17,18)11-8-10(12(15)16)19-9(11)2/h8,14H,3-7H2,1-2H3,(H,15,16). The summed E-state index contributed by atoms with van der Waals surface area (Å²) in [5, 5.41) is 17.8. The lowest BCUT2D eigenvalue weighted by Crippen LogP contribution is -2.34. The van der Waals surface area contributed by atoms with Crippen LogP contribution in [0.15, 0.2) is 15.4 Å². The minimum Gasteiger partial charge on any atom is -0.475 e. The number of nitrogens with zero attached hydrogens (tertiary/aromatic N) is 1. The van der Waals surface area contributed by atoms with Crippen LogP contribution in [0.3, 0.4) is 0 Å². The topological polar surface area (TPSA) is 108 Å². The maximum absolute atomic E-state index is 12.4. The van der Waals surface area contributed by atoms with Crippen LogP contribution in [-0.4, -0.2) is 48.6 Å². The van der Waals surface area contributed by atoms with Gasteiger partial charge in [0.2, 0.25) is 15.8 Å². The van der Waals surface area contributed by atoms with Gasteiger partial charge in [-0.05, 0) is 13.3 Å². The Morgan fingerprint density at radius 1 is 1.40 bits per heavy atom. The summed E-state index contributed by atoms with van der Waals surface area (Å²) in [4.78, 5) is 10.7. The summed E-state index contributed by atoms with van der Waals surface area (Å²) in [5.74, 6) is -1.71. The molecule has 0 atom stereocenters. The van der Waals surface area contributed by atoms with Gasteiger partial charge in [0.25, 0.3) is 0 Å².